The second-order valence-corrected chi connectivity index (χ2v) is 4.42. The standard InChI is InChI=1S/C12H15NO4/c14-7-12(5-2-6-12)13-11(17)10-8(15)3-1-4-9(10)16/h1,3-4,14-16H,2,5-7H2,(H,13,17). The van der Waals surface area contributed by atoms with Gasteiger partial charge >= 0.3 is 0 Å². The lowest BCUT2D eigenvalue weighted by Crippen LogP contribution is -2.56. The van der Waals surface area contributed by atoms with E-state index in [2.05, 4.69) is 5.32 Å². The highest BCUT2D eigenvalue weighted by atomic mass is 16.3. The van der Waals surface area contributed by atoms with Crippen molar-refractivity contribution in [3.05, 3.63) is 23.8 Å². The second kappa shape index (κ2) is 4.25. The second-order valence-electron chi connectivity index (χ2n) is 4.42. The number of carbonyl (C=O) groups excluding carboxylic acids is 1. The molecule has 0 unspecified atom stereocenters. The van der Waals surface area contributed by atoms with E-state index in [4.69, 9.17) is 0 Å². The molecule has 1 amide bonds. The van der Waals surface area contributed by atoms with Crippen molar-refractivity contribution in [3.8, 4) is 11.5 Å². The zero-order valence-corrected chi connectivity index (χ0v) is 9.31. The summed E-state index contributed by atoms with van der Waals surface area (Å²) in [6.07, 6.45) is 2.38. The fourth-order valence-electron chi connectivity index (χ4n) is 1.99. The number of hydrogen-bond donors (Lipinski definition) is 4. The van der Waals surface area contributed by atoms with Crippen molar-refractivity contribution in [1.29, 1.82) is 0 Å². The van der Waals surface area contributed by atoms with Gasteiger partial charge in [-0.15, -0.1) is 0 Å². The van der Waals surface area contributed by atoms with E-state index < -0.39 is 11.4 Å². The molecule has 0 bridgehead atoms. The van der Waals surface area contributed by atoms with Gasteiger partial charge in [0.25, 0.3) is 5.91 Å². The summed E-state index contributed by atoms with van der Waals surface area (Å²) in [5.74, 6) is -1.10. The van der Waals surface area contributed by atoms with E-state index in [-0.39, 0.29) is 23.7 Å². The Labute approximate surface area is 98.7 Å². The number of nitrogens with one attached hydrogen (secondary N) is 1. The molecule has 0 spiro atoms. The fourth-order valence-corrected chi connectivity index (χ4v) is 1.99. The number of hydrogen-bond acceptors (Lipinski definition) is 4. The molecule has 1 saturated carbocycles. The predicted molar refractivity (Wildman–Crippen MR) is 60.9 cm³/mol. The minimum atomic E-state index is -0.591. The maximum atomic E-state index is 11.9. The van der Waals surface area contributed by atoms with E-state index in [1.165, 1.54) is 18.2 Å². The molecule has 0 saturated heterocycles. The maximum Gasteiger partial charge on any atom is 0.259 e. The van der Waals surface area contributed by atoms with Crippen molar-refractivity contribution in [1.82, 2.24) is 5.32 Å². The van der Waals surface area contributed by atoms with Crippen LogP contribution in [0.15, 0.2) is 18.2 Å². The molecule has 2 rings (SSSR count). The Bertz CT molecular complexity index is 414. The van der Waals surface area contributed by atoms with Gasteiger partial charge < -0.3 is 20.6 Å². The van der Waals surface area contributed by atoms with Crippen LogP contribution in [0, 0.1) is 0 Å². The first kappa shape index (κ1) is 11.7. The Hall–Kier alpha value is -1.75. The molecule has 0 heterocycles. The molecular formula is C12H15NO4. The molecule has 5 nitrogen and oxygen atoms in total. The Kier molecular flexibility index (Phi) is 2.93. The Morgan fingerprint density at radius 2 is 1.88 bits per heavy atom. The summed E-state index contributed by atoms with van der Waals surface area (Å²) < 4.78 is 0. The monoisotopic (exact) mass is 237 g/mol. The van der Waals surface area contributed by atoms with Crippen LogP contribution in [0.1, 0.15) is 29.6 Å². The lowest BCUT2D eigenvalue weighted by Gasteiger charge is -2.40. The SMILES string of the molecule is O=C(NC1(CO)CCC1)c1c(O)cccc1O. The molecule has 4 N–H and O–H groups in total. The number of carbonyl (C=O) groups is 1. The summed E-state index contributed by atoms with van der Waals surface area (Å²) in [5.41, 5.74) is -0.738. The highest BCUT2D eigenvalue weighted by molar-refractivity contribution is 5.99. The molecule has 1 aromatic rings. The maximum absolute atomic E-state index is 11.9. The molecule has 17 heavy (non-hydrogen) atoms. The minimum absolute atomic E-state index is 0.132. The Morgan fingerprint density at radius 3 is 2.29 bits per heavy atom. The molecular weight excluding hydrogens is 222 g/mol. The van der Waals surface area contributed by atoms with E-state index in [0.29, 0.717) is 12.8 Å². The molecule has 1 aliphatic carbocycles. The van der Waals surface area contributed by atoms with Crippen LogP contribution in [0.3, 0.4) is 0 Å². The van der Waals surface area contributed by atoms with Gasteiger partial charge in [-0.3, -0.25) is 4.79 Å². The Morgan fingerprint density at radius 1 is 1.29 bits per heavy atom. The van der Waals surface area contributed by atoms with Crippen LogP contribution in [-0.2, 0) is 0 Å². The first-order valence-electron chi connectivity index (χ1n) is 5.52. The van der Waals surface area contributed by atoms with E-state index >= 15 is 0 Å². The summed E-state index contributed by atoms with van der Waals surface area (Å²) in [4.78, 5) is 11.9. The highest BCUT2D eigenvalue weighted by Crippen LogP contribution is 2.33. The third-order valence-corrected chi connectivity index (χ3v) is 3.24. The van der Waals surface area contributed by atoms with Gasteiger partial charge in [-0.2, -0.15) is 0 Å². The lowest BCUT2D eigenvalue weighted by atomic mass is 9.77. The highest BCUT2D eigenvalue weighted by Gasteiger charge is 2.38. The minimum Gasteiger partial charge on any atom is -0.507 e. The van der Waals surface area contributed by atoms with Crippen LogP contribution in [0.5, 0.6) is 11.5 Å². The molecule has 0 atom stereocenters. The van der Waals surface area contributed by atoms with E-state index in [9.17, 15) is 20.1 Å². The van der Waals surface area contributed by atoms with Crippen molar-refractivity contribution in [2.75, 3.05) is 6.61 Å². The fraction of sp³-hybridized carbons (Fsp3) is 0.417. The summed E-state index contributed by atoms with van der Waals surface area (Å²) >= 11 is 0. The predicted octanol–water partition coefficient (Wildman–Crippen LogP) is 0.743. The smallest absolute Gasteiger partial charge is 0.259 e. The quantitative estimate of drug-likeness (QED) is 0.624. The van der Waals surface area contributed by atoms with Crippen LogP contribution in [0.4, 0.5) is 0 Å². The molecule has 0 aliphatic heterocycles. The van der Waals surface area contributed by atoms with Gasteiger partial charge in [0, 0.05) is 0 Å². The summed E-state index contributed by atoms with van der Waals surface area (Å²) in [6, 6.07) is 4.12. The molecule has 1 aromatic carbocycles. The zero-order valence-electron chi connectivity index (χ0n) is 9.31. The van der Waals surface area contributed by atoms with Gasteiger partial charge in [0.2, 0.25) is 0 Å². The lowest BCUT2D eigenvalue weighted by molar-refractivity contribution is 0.0637. The molecule has 92 valence electrons. The topological polar surface area (TPSA) is 89.8 Å². The zero-order chi connectivity index (χ0) is 12.5. The largest absolute Gasteiger partial charge is 0.507 e. The number of rotatable bonds is 3. The van der Waals surface area contributed by atoms with Crippen molar-refractivity contribution in [2.24, 2.45) is 0 Å². The van der Waals surface area contributed by atoms with E-state index in [1.807, 2.05) is 0 Å². The Balaban J connectivity index is 2.20. The molecule has 1 fully saturated rings. The van der Waals surface area contributed by atoms with E-state index in [1.54, 1.807) is 0 Å². The number of aromatic hydroxyl groups is 2. The number of aliphatic hydroxyl groups is 1. The van der Waals surface area contributed by atoms with Crippen molar-refractivity contribution < 1.29 is 20.1 Å². The summed E-state index contributed by atoms with van der Waals surface area (Å²) in [7, 11) is 0. The molecule has 0 aromatic heterocycles. The van der Waals surface area contributed by atoms with Gasteiger partial charge in [0.1, 0.15) is 17.1 Å². The van der Waals surface area contributed by atoms with Crippen molar-refractivity contribution in [3.63, 3.8) is 0 Å². The van der Waals surface area contributed by atoms with Gasteiger partial charge in [-0.1, -0.05) is 6.07 Å². The van der Waals surface area contributed by atoms with Crippen LogP contribution in [-0.4, -0.2) is 33.4 Å². The van der Waals surface area contributed by atoms with Gasteiger partial charge in [0.15, 0.2) is 0 Å². The van der Waals surface area contributed by atoms with Crippen LogP contribution >= 0.6 is 0 Å². The molecule has 0 radical (unpaired) electrons. The van der Waals surface area contributed by atoms with Crippen LogP contribution < -0.4 is 5.32 Å². The summed E-state index contributed by atoms with van der Waals surface area (Å²) in [6.45, 7) is -0.132. The molecule has 5 heteroatoms. The number of benzene rings is 1. The first-order valence-corrected chi connectivity index (χ1v) is 5.52. The average Bonchev–Trinajstić information content (AvgIpc) is 2.23. The first-order chi connectivity index (χ1) is 8.08. The third kappa shape index (κ3) is 2.06. The van der Waals surface area contributed by atoms with Crippen LogP contribution in [0.2, 0.25) is 0 Å². The van der Waals surface area contributed by atoms with E-state index in [0.717, 1.165) is 6.42 Å². The van der Waals surface area contributed by atoms with Gasteiger partial charge in [-0.05, 0) is 31.4 Å². The van der Waals surface area contributed by atoms with Crippen molar-refractivity contribution >= 4 is 5.91 Å². The number of phenols is 2. The van der Waals surface area contributed by atoms with Crippen molar-refractivity contribution in [2.45, 2.75) is 24.8 Å². The number of amides is 1. The number of aliphatic hydroxyl groups excluding tert-OH is 1. The average molecular weight is 237 g/mol. The van der Waals surface area contributed by atoms with Gasteiger partial charge in [0.05, 0.1) is 12.1 Å². The number of phenolic OH excluding ortho intramolecular Hbond substituents is 2. The van der Waals surface area contributed by atoms with Gasteiger partial charge in [-0.25, -0.2) is 0 Å². The summed E-state index contributed by atoms with van der Waals surface area (Å²) in [5, 5.41) is 31.0. The third-order valence-electron chi connectivity index (χ3n) is 3.24. The normalized spacial score (nSPS) is 17.2. The molecule has 1 aliphatic rings. The van der Waals surface area contributed by atoms with Crippen LogP contribution in [0.25, 0.3) is 0 Å².